The minimum atomic E-state index is -0.634. The Kier molecular flexibility index (Phi) is 5.55. The Bertz CT molecular complexity index is 2110. The molecule has 0 radical (unpaired) electrons. The highest BCUT2D eigenvalue weighted by atomic mass is 35.5. The number of H-pyrrole nitrogens is 1. The smallest absolute Gasteiger partial charge is 0.348 e. The normalized spacial score (nSPS) is 14.5. The van der Waals surface area contributed by atoms with Crippen molar-refractivity contribution in [3.8, 4) is 11.1 Å². The summed E-state index contributed by atoms with van der Waals surface area (Å²) in [5, 5.41) is 1.63. The molecule has 1 aliphatic carbocycles. The fourth-order valence-electron chi connectivity index (χ4n) is 5.22. The van der Waals surface area contributed by atoms with Crippen molar-refractivity contribution in [1.29, 1.82) is 0 Å². The summed E-state index contributed by atoms with van der Waals surface area (Å²) in [7, 11) is 0. The van der Waals surface area contributed by atoms with Gasteiger partial charge in [0.15, 0.2) is 11.3 Å². The van der Waals surface area contributed by atoms with E-state index in [0.29, 0.717) is 30.7 Å². The second-order valence-electron chi connectivity index (χ2n) is 9.34. The molecule has 0 atom stereocenters. The SMILES string of the molecule is Nc1[nH]c(=O)nc2c1sc1nc3nc4c(c(-c5ccc(Cl)cc5)c3c(=O)n12)CCC/C4=C\c1ccc(Cl)cc1. The molecule has 0 spiro atoms. The van der Waals surface area contributed by atoms with E-state index in [1.165, 1.54) is 15.7 Å². The molecule has 0 aliphatic heterocycles. The van der Waals surface area contributed by atoms with E-state index in [9.17, 15) is 9.59 Å². The molecule has 11 heteroatoms. The van der Waals surface area contributed by atoms with Crippen molar-refractivity contribution >= 4 is 78.3 Å². The molecule has 0 bridgehead atoms. The number of nitrogens with zero attached hydrogens (tertiary/aromatic N) is 4. The first-order valence-electron chi connectivity index (χ1n) is 12.2. The molecule has 0 amide bonds. The van der Waals surface area contributed by atoms with Crippen molar-refractivity contribution in [1.82, 2.24) is 24.3 Å². The highest BCUT2D eigenvalue weighted by Gasteiger charge is 2.26. The number of hydrogen-bond donors (Lipinski definition) is 2. The number of thiazole rings is 1. The lowest BCUT2D eigenvalue weighted by Crippen LogP contribution is -2.20. The fourth-order valence-corrected chi connectivity index (χ4v) is 6.43. The molecule has 39 heavy (non-hydrogen) atoms. The van der Waals surface area contributed by atoms with Crippen LogP contribution in [0.4, 0.5) is 5.82 Å². The first-order chi connectivity index (χ1) is 18.9. The van der Waals surface area contributed by atoms with Crippen LogP contribution in [0, 0.1) is 0 Å². The number of aromatic nitrogens is 5. The molecule has 7 rings (SSSR count). The van der Waals surface area contributed by atoms with Gasteiger partial charge in [-0.25, -0.2) is 14.2 Å². The number of rotatable bonds is 2. The third kappa shape index (κ3) is 3.93. The molecule has 1 aliphatic rings. The van der Waals surface area contributed by atoms with Crippen LogP contribution in [0.1, 0.15) is 29.7 Å². The number of nitrogen functional groups attached to an aromatic ring is 1. The number of pyridine rings is 1. The summed E-state index contributed by atoms with van der Waals surface area (Å²) >= 11 is 13.5. The van der Waals surface area contributed by atoms with Gasteiger partial charge >= 0.3 is 5.69 Å². The maximum absolute atomic E-state index is 14.2. The second-order valence-corrected chi connectivity index (χ2v) is 11.2. The molecule has 0 saturated carbocycles. The van der Waals surface area contributed by atoms with Gasteiger partial charge in [0.2, 0.25) is 4.96 Å². The van der Waals surface area contributed by atoms with Crippen LogP contribution in [-0.4, -0.2) is 24.3 Å². The van der Waals surface area contributed by atoms with Crippen LogP contribution in [-0.2, 0) is 6.42 Å². The van der Waals surface area contributed by atoms with E-state index in [1.807, 2.05) is 36.4 Å². The predicted octanol–water partition coefficient (Wildman–Crippen LogP) is 5.97. The van der Waals surface area contributed by atoms with Crippen LogP contribution in [0.3, 0.4) is 0 Å². The quantitative estimate of drug-likeness (QED) is 0.263. The molecule has 2 aromatic carbocycles. The first-order valence-corrected chi connectivity index (χ1v) is 13.7. The third-order valence-electron chi connectivity index (χ3n) is 6.91. The zero-order chi connectivity index (χ0) is 26.8. The van der Waals surface area contributed by atoms with Gasteiger partial charge in [0, 0.05) is 15.6 Å². The maximum atomic E-state index is 14.2. The number of hydrogen-bond acceptors (Lipinski definition) is 7. The first kappa shape index (κ1) is 24.0. The van der Waals surface area contributed by atoms with Crippen LogP contribution in [0.25, 0.3) is 49.1 Å². The van der Waals surface area contributed by atoms with E-state index >= 15 is 0 Å². The Morgan fingerprint density at radius 2 is 1.67 bits per heavy atom. The third-order valence-corrected chi connectivity index (χ3v) is 8.48. The number of halogens is 2. The number of allylic oxidation sites excluding steroid dienone is 1. The van der Waals surface area contributed by atoms with Crippen LogP contribution in [0.15, 0.2) is 58.1 Å². The molecule has 8 nitrogen and oxygen atoms in total. The molecule has 4 heterocycles. The van der Waals surface area contributed by atoms with Gasteiger partial charge in [0.25, 0.3) is 5.56 Å². The molecule has 6 aromatic rings. The Balaban J connectivity index is 1.61. The lowest BCUT2D eigenvalue weighted by molar-refractivity contribution is 0.815. The van der Waals surface area contributed by atoms with Gasteiger partial charge in [-0.3, -0.25) is 9.78 Å². The Labute approximate surface area is 234 Å². The summed E-state index contributed by atoms with van der Waals surface area (Å²) in [6, 6.07) is 15.0. The van der Waals surface area contributed by atoms with E-state index in [1.54, 1.807) is 12.1 Å². The number of nitrogens with two attached hydrogens (primary N) is 1. The van der Waals surface area contributed by atoms with Crippen LogP contribution in [0.5, 0.6) is 0 Å². The Morgan fingerprint density at radius 3 is 2.41 bits per heavy atom. The zero-order valence-electron chi connectivity index (χ0n) is 20.2. The van der Waals surface area contributed by atoms with Gasteiger partial charge in [0.05, 0.1) is 11.1 Å². The van der Waals surface area contributed by atoms with E-state index in [0.717, 1.165) is 52.8 Å². The predicted molar refractivity (Wildman–Crippen MR) is 158 cm³/mol. The molecule has 0 unspecified atom stereocenters. The highest BCUT2D eigenvalue weighted by Crippen LogP contribution is 2.40. The summed E-state index contributed by atoms with van der Waals surface area (Å²) < 4.78 is 1.84. The van der Waals surface area contributed by atoms with Crippen LogP contribution < -0.4 is 17.0 Å². The van der Waals surface area contributed by atoms with Crippen molar-refractivity contribution in [2.45, 2.75) is 19.3 Å². The van der Waals surface area contributed by atoms with E-state index in [2.05, 4.69) is 16.0 Å². The summed E-state index contributed by atoms with van der Waals surface area (Å²) in [4.78, 5) is 43.0. The van der Waals surface area contributed by atoms with Crippen molar-refractivity contribution in [3.63, 3.8) is 0 Å². The van der Waals surface area contributed by atoms with Gasteiger partial charge in [-0.2, -0.15) is 9.97 Å². The molecule has 192 valence electrons. The number of nitrogens with one attached hydrogen (secondary N) is 1. The summed E-state index contributed by atoms with van der Waals surface area (Å²) in [5.41, 5.74) is 11.0. The number of aromatic amines is 1. The average Bonchev–Trinajstić information content (AvgIpc) is 3.29. The highest BCUT2D eigenvalue weighted by molar-refractivity contribution is 7.24. The van der Waals surface area contributed by atoms with Crippen molar-refractivity contribution in [2.75, 3.05) is 5.73 Å². The molecule has 3 N–H and O–H groups in total. The summed E-state index contributed by atoms with van der Waals surface area (Å²) in [6.45, 7) is 0. The maximum Gasteiger partial charge on any atom is 0.348 e. The van der Waals surface area contributed by atoms with E-state index in [4.69, 9.17) is 38.9 Å². The largest absolute Gasteiger partial charge is 0.384 e. The van der Waals surface area contributed by atoms with Gasteiger partial charge in [-0.15, -0.1) is 0 Å². The standard InChI is InChI=1S/C28H18Cl2N6O2S/c29-16-8-4-13(5-9-16)12-15-2-1-3-18-19(14-6-10-17(30)11-7-14)20-24(32-21(15)18)34-28-36(26(20)37)25-22(39-28)23(31)33-27(38)35-25/h4-12H,1-3H2,(H3,31,33,35,38)/b15-12+. The van der Waals surface area contributed by atoms with Gasteiger partial charge < -0.3 is 5.73 Å². The minimum absolute atomic E-state index is 0.141. The van der Waals surface area contributed by atoms with Crippen molar-refractivity contribution in [2.24, 2.45) is 0 Å². The summed E-state index contributed by atoms with van der Waals surface area (Å²) in [5.74, 6) is 0.141. The second kappa shape index (κ2) is 9.01. The van der Waals surface area contributed by atoms with E-state index < -0.39 is 5.69 Å². The minimum Gasteiger partial charge on any atom is -0.384 e. The van der Waals surface area contributed by atoms with Gasteiger partial charge in [-0.05, 0) is 71.9 Å². The van der Waals surface area contributed by atoms with Crippen molar-refractivity contribution in [3.05, 3.63) is 96.2 Å². The molecule has 4 aromatic heterocycles. The lowest BCUT2D eigenvalue weighted by Gasteiger charge is -2.23. The van der Waals surface area contributed by atoms with Gasteiger partial charge in [0.1, 0.15) is 10.5 Å². The Morgan fingerprint density at radius 1 is 0.949 bits per heavy atom. The lowest BCUT2D eigenvalue weighted by atomic mass is 9.84. The molecule has 0 fully saturated rings. The molecular formula is C28H18Cl2N6O2S. The summed E-state index contributed by atoms with van der Waals surface area (Å²) in [6.07, 6.45) is 4.58. The van der Waals surface area contributed by atoms with E-state index in [-0.39, 0.29) is 17.0 Å². The zero-order valence-corrected chi connectivity index (χ0v) is 22.5. The number of anilines is 1. The Hall–Kier alpha value is -4.05. The monoisotopic (exact) mass is 572 g/mol. The van der Waals surface area contributed by atoms with Crippen LogP contribution >= 0.6 is 34.5 Å². The van der Waals surface area contributed by atoms with Crippen LogP contribution in [0.2, 0.25) is 10.0 Å². The molecular weight excluding hydrogens is 555 g/mol. The number of benzene rings is 2. The fraction of sp³-hybridized carbons (Fsp3) is 0.107. The van der Waals surface area contributed by atoms with Crippen molar-refractivity contribution < 1.29 is 0 Å². The molecule has 0 saturated heterocycles. The topological polar surface area (TPSA) is 119 Å². The average molecular weight is 573 g/mol. The van der Waals surface area contributed by atoms with Gasteiger partial charge in [-0.1, -0.05) is 58.8 Å². The number of fused-ring (bicyclic) bond motifs is 5.